The monoisotopic (exact) mass is 432 g/mol. The van der Waals surface area contributed by atoms with Crippen LogP contribution in [0.4, 0.5) is 13.2 Å². The summed E-state index contributed by atoms with van der Waals surface area (Å²) in [5, 5.41) is 9.97. The van der Waals surface area contributed by atoms with Crippen LogP contribution in [-0.4, -0.2) is 20.5 Å². The second-order valence-electron chi connectivity index (χ2n) is 5.07. The second kappa shape index (κ2) is 6.64. The van der Waals surface area contributed by atoms with E-state index in [1.54, 1.807) is 24.3 Å². The van der Waals surface area contributed by atoms with E-state index >= 15 is 0 Å². The van der Waals surface area contributed by atoms with Crippen LogP contribution in [0.2, 0.25) is 5.02 Å². The van der Waals surface area contributed by atoms with Crippen molar-refractivity contribution in [3.05, 3.63) is 63.0 Å². The van der Waals surface area contributed by atoms with E-state index in [4.69, 9.17) is 11.6 Å². The molecule has 0 atom stereocenters. The summed E-state index contributed by atoms with van der Waals surface area (Å²) < 4.78 is 40.7. The third kappa shape index (κ3) is 3.77. The molecule has 2 aromatic heterocycles. The van der Waals surface area contributed by atoms with Crippen molar-refractivity contribution < 1.29 is 18.0 Å². The maximum absolute atomic E-state index is 12.9. The molecule has 0 aliphatic heterocycles. The van der Waals surface area contributed by atoms with E-state index in [2.05, 4.69) is 31.4 Å². The molecular weight excluding hydrogens is 425 g/mol. The second-order valence-corrected chi connectivity index (χ2v) is 6.40. The minimum absolute atomic E-state index is 0.0857. The van der Waals surface area contributed by atoms with Crippen LogP contribution in [0.15, 0.2) is 41.0 Å². The first-order valence-electron chi connectivity index (χ1n) is 6.90. The third-order valence-corrected chi connectivity index (χ3v) is 4.18. The van der Waals surface area contributed by atoms with E-state index in [1.807, 2.05) is 0 Å². The fraction of sp³-hybridized carbons (Fsp3) is 0.133. The Bertz CT molecular complexity index is 940. The molecule has 2 heterocycles. The average Bonchev–Trinajstić information content (AvgIpc) is 2.96. The third-order valence-electron chi connectivity index (χ3n) is 3.37. The fourth-order valence-corrected chi connectivity index (χ4v) is 2.65. The lowest BCUT2D eigenvalue weighted by Gasteiger charge is -2.09. The van der Waals surface area contributed by atoms with Gasteiger partial charge >= 0.3 is 6.18 Å². The van der Waals surface area contributed by atoms with Crippen LogP contribution in [0, 0.1) is 0 Å². The number of pyridine rings is 1. The molecule has 0 aliphatic rings. The highest BCUT2D eigenvalue weighted by Crippen LogP contribution is 2.32. The Kier molecular flexibility index (Phi) is 4.70. The number of fused-ring (bicyclic) bond motifs is 1. The van der Waals surface area contributed by atoms with E-state index < -0.39 is 11.7 Å². The molecule has 1 aromatic carbocycles. The summed E-state index contributed by atoms with van der Waals surface area (Å²) in [7, 11) is 0. The summed E-state index contributed by atoms with van der Waals surface area (Å²) in [4.78, 5) is 12.1. The first-order chi connectivity index (χ1) is 11.8. The number of aromatic nitrogens is 3. The van der Waals surface area contributed by atoms with Crippen LogP contribution >= 0.6 is 27.5 Å². The van der Waals surface area contributed by atoms with Gasteiger partial charge in [0.1, 0.15) is 0 Å². The van der Waals surface area contributed by atoms with Gasteiger partial charge in [-0.05, 0) is 30.3 Å². The van der Waals surface area contributed by atoms with Gasteiger partial charge in [0.25, 0.3) is 5.91 Å². The molecule has 3 aromatic rings. The van der Waals surface area contributed by atoms with Crippen molar-refractivity contribution in [3.63, 3.8) is 0 Å². The highest BCUT2D eigenvalue weighted by atomic mass is 79.9. The minimum atomic E-state index is -4.56. The maximum atomic E-state index is 12.9. The van der Waals surface area contributed by atoms with Crippen LogP contribution in [-0.2, 0) is 12.7 Å². The van der Waals surface area contributed by atoms with Crippen molar-refractivity contribution in [1.82, 2.24) is 19.9 Å². The van der Waals surface area contributed by atoms with E-state index in [1.165, 1.54) is 0 Å². The molecule has 0 radical (unpaired) electrons. The van der Waals surface area contributed by atoms with Crippen molar-refractivity contribution in [1.29, 1.82) is 0 Å². The van der Waals surface area contributed by atoms with Crippen LogP contribution in [0.5, 0.6) is 0 Å². The molecule has 1 amide bonds. The molecule has 25 heavy (non-hydrogen) atoms. The lowest BCUT2D eigenvalue weighted by molar-refractivity contribution is -0.137. The zero-order valence-electron chi connectivity index (χ0n) is 12.3. The number of alkyl halides is 3. The van der Waals surface area contributed by atoms with Crippen molar-refractivity contribution in [2.45, 2.75) is 12.7 Å². The molecule has 0 saturated heterocycles. The molecule has 0 aliphatic carbocycles. The van der Waals surface area contributed by atoms with E-state index in [0.717, 1.165) is 21.1 Å². The molecule has 0 spiro atoms. The first-order valence-corrected chi connectivity index (χ1v) is 8.07. The lowest BCUT2D eigenvalue weighted by Crippen LogP contribution is -2.24. The molecule has 0 bridgehead atoms. The number of halogens is 5. The zero-order chi connectivity index (χ0) is 18.2. The summed E-state index contributed by atoms with van der Waals surface area (Å²) in [6, 6.07) is 7.42. The number of carbonyl (C=O) groups is 1. The van der Waals surface area contributed by atoms with Gasteiger partial charge in [0.05, 0.1) is 17.1 Å². The summed E-state index contributed by atoms with van der Waals surface area (Å²) in [5.74, 6) is -0.254. The summed E-state index contributed by atoms with van der Waals surface area (Å²) in [6.45, 7) is -0.103. The molecule has 5 nitrogen and oxygen atoms in total. The Morgan fingerprint density at radius 1 is 1.24 bits per heavy atom. The zero-order valence-corrected chi connectivity index (χ0v) is 14.7. The Hall–Kier alpha value is -2.13. The van der Waals surface area contributed by atoms with Gasteiger partial charge in [0.15, 0.2) is 11.5 Å². The summed E-state index contributed by atoms with van der Waals surface area (Å²) >= 11 is 9.10. The lowest BCUT2D eigenvalue weighted by atomic mass is 10.2. The van der Waals surface area contributed by atoms with Crippen molar-refractivity contribution in [3.8, 4) is 0 Å². The molecule has 3 rings (SSSR count). The van der Waals surface area contributed by atoms with E-state index in [0.29, 0.717) is 5.56 Å². The van der Waals surface area contributed by atoms with Crippen molar-refractivity contribution in [2.24, 2.45) is 0 Å². The SMILES string of the molecule is O=C(NCc1nnc2c(Cl)cc(C(F)(F)F)cn12)c1ccc(Br)cc1. The molecule has 0 fully saturated rings. The number of amides is 1. The molecule has 0 saturated carbocycles. The standard InChI is InChI=1S/C15H9BrClF3N4O/c16-10-3-1-8(2-4-10)14(25)21-6-12-22-23-13-11(17)5-9(7-24(12)13)15(18,19)20/h1-5,7H,6H2,(H,21,25). The highest BCUT2D eigenvalue weighted by Gasteiger charge is 2.32. The van der Waals surface area contributed by atoms with Crippen LogP contribution in [0.3, 0.4) is 0 Å². The summed E-state index contributed by atoms with van der Waals surface area (Å²) in [6.07, 6.45) is -3.71. The van der Waals surface area contributed by atoms with E-state index in [-0.39, 0.29) is 28.9 Å². The normalized spacial score (nSPS) is 11.7. The van der Waals surface area contributed by atoms with Crippen molar-refractivity contribution >= 4 is 39.1 Å². The smallest absolute Gasteiger partial charge is 0.345 e. The Morgan fingerprint density at radius 2 is 1.92 bits per heavy atom. The van der Waals surface area contributed by atoms with Gasteiger partial charge in [-0.1, -0.05) is 27.5 Å². The van der Waals surface area contributed by atoms with E-state index in [9.17, 15) is 18.0 Å². The number of hydrogen-bond acceptors (Lipinski definition) is 3. The molecule has 0 unspecified atom stereocenters. The number of benzene rings is 1. The Morgan fingerprint density at radius 3 is 2.56 bits per heavy atom. The van der Waals surface area contributed by atoms with Gasteiger partial charge in [-0.2, -0.15) is 13.2 Å². The molecular formula is C15H9BrClF3N4O. The van der Waals surface area contributed by atoms with Gasteiger partial charge in [-0.15, -0.1) is 10.2 Å². The number of nitrogens with zero attached hydrogens (tertiary/aromatic N) is 3. The Balaban J connectivity index is 1.85. The molecule has 1 N–H and O–H groups in total. The fourth-order valence-electron chi connectivity index (χ4n) is 2.14. The minimum Gasteiger partial charge on any atom is -0.345 e. The Labute approximate surface area is 152 Å². The van der Waals surface area contributed by atoms with Gasteiger partial charge in [0.2, 0.25) is 0 Å². The van der Waals surface area contributed by atoms with Gasteiger partial charge < -0.3 is 5.32 Å². The maximum Gasteiger partial charge on any atom is 0.417 e. The number of rotatable bonds is 3. The van der Waals surface area contributed by atoms with Gasteiger partial charge in [-0.25, -0.2) is 0 Å². The van der Waals surface area contributed by atoms with Crippen LogP contribution in [0.1, 0.15) is 21.7 Å². The quantitative estimate of drug-likeness (QED) is 0.677. The largest absolute Gasteiger partial charge is 0.417 e. The number of nitrogens with one attached hydrogen (secondary N) is 1. The van der Waals surface area contributed by atoms with Crippen LogP contribution in [0.25, 0.3) is 5.65 Å². The summed E-state index contributed by atoms with van der Waals surface area (Å²) in [5.41, 5.74) is -0.432. The average molecular weight is 434 g/mol. The molecule has 130 valence electrons. The first kappa shape index (κ1) is 17.7. The van der Waals surface area contributed by atoms with Crippen LogP contribution < -0.4 is 5.32 Å². The van der Waals surface area contributed by atoms with Crippen molar-refractivity contribution in [2.75, 3.05) is 0 Å². The predicted octanol–water partition coefficient (Wildman–Crippen LogP) is 4.09. The number of carbonyl (C=O) groups excluding carboxylic acids is 1. The van der Waals surface area contributed by atoms with Gasteiger partial charge in [0, 0.05) is 16.2 Å². The molecule has 10 heteroatoms. The van der Waals surface area contributed by atoms with Gasteiger partial charge in [-0.3, -0.25) is 9.20 Å². The predicted molar refractivity (Wildman–Crippen MR) is 88.3 cm³/mol. The number of hydrogen-bond donors (Lipinski definition) is 1. The topological polar surface area (TPSA) is 59.3 Å². The highest BCUT2D eigenvalue weighted by molar-refractivity contribution is 9.10.